The third-order valence-corrected chi connectivity index (χ3v) is 4.07. The third kappa shape index (κ3) is 4.75. The molecule has 1 aliphatic carbocycles. The van der Waals surface area contributed by atoms with Gasteiger partial charge in [-0.3, -0.25) is 4.79 Å². The van der Waals surface area contributed by atoms with Crippen LogP contribution in [0, 0.1) is 5.92 Å². The van der Waals surface area contributed by atoms with E-state index in [-0.39, 0.29) is 17.9 Å². The maximum Gasteiger partial charge on any atom is 0.223 e. The van der Waals surface area contributed by atoms with E-state index in [1.165, 1.54) is 0 Å². The Morgan fingerprint density at radius 2 is 1.96 bits per heavy atom. The summed E-state index contributed by atoms with van der Waals surface area (Å²) in [6.45, 7) is 7.08. The zero-order valence-corrected chi connectivity index (χ0v) is 14.3. The van der Waals surface area contributed by atoms with Gasteiger partial charge in [-0.15, -0.1) is 0 Å². The van der Waals surface area contributed by atoms with Gasteiger partial charge < -0.3 is 14.8 Å². The molecule has 0 spiro atoms. The number of carbonyl (C=O) groups is 1. The fourth-order valence-corrected chi connectivity index (χ4v) is 2.78. The first kappa shape index (κ1) is 17.4. The molecular formula is C19H27NO3. The van der Waals surface area contributed by atoms with Gasteiger partial charge in [0.1, 0.15) is 0 Å². The molecule has 0 heterocycles. The Hall–Kier alpha value is -1.97. The molecule has 1 aliphatic rings. The minimum absolute atomic E-state index is 0.0525. The van der Waals surface area contributed by atoms with Crippen molar-refractivity contribution in [3.8, 4) is 11.5 Å². The molecule has 23 heavy (non-hydrogen) atoms. The van der Waals surface area contributed by atoms with Gasteiger partial charge in [0, 0.05) is 5.92 Å². The minimum atomic E-state index is -0.0525. The van der Waals surface area contributed by atoms with Crippen molar-refractivity contribution in [1.29, 1.82) is 0 Å². The average molecular weight is 317 g/mol. The van der Waals surface area contributed by atoms with E-state index >= 15 is 0 Å². The number of amides is 1. The Kier molecular flexibility index (Phi) is 6.51. The highest BCUT2D eigenvalue weighted by Gasteiger charge is 2.21. The number of hydrogen-bond donors (Lipinski definition) is 1. The van der Waals surface area contributed by atoms with Crippen molar-refractivity contribution in [2.45, 2.75) is 46.1 Å². The van der Waals surface area contributed by atoms with Crippen LogP contribution in [0.3, 0.4) is 0 Å². The van der Waals surface area contributed by atoms with Gasteiger partial charge in [0.15, 0.2) is 11.5 Å². The molecule has 2 rings (SSSR count). The first-order valence-electron chi connectivity index (χ1n) is 8.50. The van der Waals surface area contributed by atoms with Crippen molar-refractivity contribution in [2.24, 2.45) is 5.92 Å². The van der Waals surface area contributed by atoms with Gasteiger partial charge >= 0.3 is 0 Å². The highest BCUT2D eigenvalue weighted by molar-refractivity contribution is 5.79. The Balaban J connectivity index is 2.05. The van der Waals surface area contributed by atoms with Crippen molar-refractivity contribution < 1.29 is 14.3 Å². The summed E-state index contributed by atoms with van der Waals surface area (Å²) in [4.78, 5) is 12.4. The molecule has 126 valence electrons. The molecule has 2 unspecified atom stereocenters. The van der Waals surface area contributed by atoms with Gasteiger partial charge in [0.2, 0.25) is 5.91 Å². The summed E-state index contributed by atoms with van der Waals surface area (Å²) in [5.74, 6) is 1.70. The van der Waals surface area contributed by atoms with Crippen molar-refractivity contribution in [3.63, 3.8) is 0 Å². The summed E-state index contributed by atoms with van der Waals surface area (Å²) < 4.78 is 11.2. The lowest BCUT2D eigenvalue weighted by molar-refractivity contribution is -0.125. The molecule has 1 amide bonds. The van der Waals surface area contributed by atoms with Crippen molar-refractivity contribution in [1.82, 2.24) is 5.32 Å². The summed E-state index contributed by atoms with van der Waals surface area (Å²) in [5.41, 5.74) is 1.02. The first-order chi connectivity index (χ1) is 11.2. The van der Waals surface area contributed by atoms with E-state index in [0.29, 0.717) is 13.2 Å². The first-order valence-corrected chi connectivity index (χ1v) is 8.50. The van der Waals surface area contributed by atoms with Crippen LogP contribution in [0.25, 0.3) is 0 Å². The fourth-order valence-electron chi connectivity index (χ4n) is 2.78. The Morgan fingerprint density at radius 1 is 1.22 bits per heavy atom. The molecule has 0 radical (unpaired) electrons. The van der Waals surface area contributed by atoms with E-state index < -0.39 is 0 Å². The van der Waals surface area contributed by atoms with Gasteiger partial charge in [-0.05, 0) is 57.7 Å². The Bertz CT molecular complexity index is 554. The Labute approximate surface area is 138 Å². The van der Waals surface area contributed by atoms with E-state index in [0.717, 1.165) is 36.3 Å². The summed E-state index contributed by atoms with van der Waals surface area (Å²) in [5, 5.41) is 3.12. The highest BCUT2D eigenvalue weighted by Crippen LogP contribution is 2.31. The maximum absolute atomic E-state index is 12.4. The number of allylic oxidation sites excluding steroid dienone is 2. The molecule has 1 aromatic rings. The molecule has 0 saturated heterocycles. The lowest BCUT2D eigenvalue weighted by Crippen LogP contribution is -2.33. The van der Waals surface area contributed by atoms with E-state index in [1.54, 1.807) is 0 Å². The van der Waals surface area contributed by atoms with Crippen LogP contribution in [-0.2, 0) is 4.79 Å². The summed E-state index contributed by atoms with van der Waals surface area (Å²) >= 11 is 0. The van der Waals surface area contributed by atoms with Gasteiger partial charge in [-0.1, -0.05) is 18.2 Å². The number of rotatable bonds is 7. The molecule has 2 atom stereocenters. The van der Waals surface area contributed by atoms with Crippen molar-refractivity contribution in [2.75, 3.05) is 13.2 Å². The van der Waals surface area contributed by atoms with Crippen LogP contribution >= 0.6 is 0 Å². The second kappa shape index (κ2) is 8.61. The summed E-state index contributed by atoms with van der Waals surface area (Å²) in [7, 11) is 0. The standard InChI is InChI=1S/C19H27NO3/c1-4-22-17-12-11-16(13-18(17)23-5-2)14(3)20-19(21)15-9-7-6-8-10-15/h6-7,11-15H,4-5,8-10H2,1-3H3,(H,20,21). The highest BCUT2D eigenvalue weighted by atomic mass is 16.5. The molecule has 0 aromatic heterocycles. The molecule has 4 heteroatoms. The predicted molar refractivity (Wildman–Crippen MR) is 91.8 cm³/mol. The van der Waals surface area contributed by atoms with Gasteiger partial charge in [-0.2, -0.15) is 0 Å². The van der Waals surface area contributed by atoms with Crippen molar-refractivity contribution in [3.05, 3.63) is 35.9 Å². The SMILES string of the molecule is CCOc1ccc(C(C)NC(=O)C2CC=CCC2)cc1OCC. The van der Waals surface area contributed by atoms with Crippen LogP contribution in [0.15, 0.2) is 30.4 Å². The zero-order chi connectivity index (χ0) is 16.7. The smallest absolute Gasteiger partial charge is 0.223 e. The van der Waals surface area contributed by atoms with Crippen molar-refractivity contribution >= 4 is 5.91 Å². The monoisotopic (exact) mass is 317 g/mol. The van der Waals surface area contributed by atoms with Crippen LogP contribution in [0.2, 0.25) is 0 Å². The topological polar surface area (TPSA) is 47.6 Å². The normalized spacial score (nSPS) is 18.3. The number of carbonyl (C=O) groups excluding carboxylic acids is 1. The quantitative estimate of drug-likeness (QED) is 0.773. The molecule has 4 nitrogen and oxygen atoms in total. The predicted octanol–water partition coefficient (Wildman–Crippen LogP) is 4.02. The van der Waals surface area contributed by atoms with E-state index in [4.69, 9.17) is 9.47 Å². The van der Waals surface area contributed by atoms with Crippen LogP contribution in [-0.4, -0.2) is 19.1 Å². The van der Waals surface area contributed by atoms with Crippen LogP contribution < -0.4 is 14.8 Å². The zero-order valence-electron chi connectivity index (χ0n) is 14.3. The number of benzene rings is 1. The van der Waals surface area contributed by atoms with Crippen LogP contribution in [0.4, 0.5) is 0 Å². The second-order valence-corrected chi connectivity index (χ2v) is 5.78. The van der Waals surface area contributed by atoms with E-state index in [9.17, 15) is 4.79 Å². The molecule has 1 aromatic carbocycles. The van der Waals surface area contributed by atoms with Crippen LogP contribution in [0.1, 0.15) is 51.6 Å². The number of ether oxygens (including phenoxy) is 2. The molecule has 0 aliphatic heterocycles. The largest absolute Gasteiger partial charge is 0.490 e. The van der Waals surface area contributed by atoms with E-state index in [1.807, 2.05) is 39.0 Å². The van der Waals surface area contributed by atoms with Crippen LogP contribution in [0.5, 0.6) is 11.5 Å². The Morgan fingerprint density at radius 3 is 2.61 bits per heavy atom. The lowest BCUT2D eigenvalue weighted by atomic mass is 9.93. The third-order valence-electron chi connectivity index (χ3n) is 4.07. The van der Waals surface area contributed by atoms with Gasteiger partial charge in [0.25, 0.3) is 0 Å². The summed E-state index contributed by atoms with van der Waals surface area (Å²) in [6, 6.07) is 5.80. The maximum atomic E-state index is 12.4. The average Bonchev–Trinajstić information content (AvgIpc) is 2.57. The molecule has 0 fully saturated rings. The second-order valence-electron chi connectivity index (χ2n) is 5.78. The fraction of sp³-hybridized carbons (Fsp3) is 0.526. The number of nitrogens with one attached hydrogen (secondary N) is 1. The molecule has 0 saturated carbocycles. The van der Waals surface area contributed by atoms with Gasteiger partial charge in [0.05, 0.1) is 19.3 Å². The molecule has 1 N–H and O–H groups in total. The van der Waals surface area contributed by atoms with Gasteiger partial charge in [-0.25, -0.2) is 0 Å². The summed E-state index contributed by atoms with van der Waals surface area (Å²) in [6.07, 6.45) is 7.01. The lowest BCUT2D eigenvalue weighted by Gasteiger charge is -2.22. The van der Waals surface area contributed by atoms with E-state index in [2.05, 4.69) is 17.5 Å². The number of hydrogen-bond acceptors (Lipinski definition) is 3. The minimum Gasteiger partial charge on any atom is -0.490 e. The molecule has 0 bridgehead atoms. The molecular weight excluding hydrogens is 290 g/mol.